The van der Waals surface area contributed by atoms with Crippen LogP contribution in [0.1, 0.15) is 5.56 Å². The zero-order chi connectivity index (χ0) is 22.8. The minimum Gasteiger partial charge on any atom is -0.422 e. The molecule has 0 aliphatic carbocycles. The maximum atomic E-state index is 6.46. The number of halogens is 2. The molecule has 1 aromatic heterocycles. The maximum absolute atomic E-state index is 6.46. The Kier molecular flexibility index (Phi) is 5.91. The molecule has 5 heteroatoms. The molecule has 4 aromatic carbocycles. The van der Waals surface area contributed by atoms with Crippen molar-refractivity contribution in [3.8, 4) is 28.3 Å². The van der Waals surface area contributed by atoms with Gasteiger partial charge >= 0.3 is 5.68 Å². The van der Waals surface area contributed by atoms with E-state index in [2.05, 4.69) is 43.3 Å². The summed E-state index contributed by atoms with van der Waals surface area (Å²) >= 11 is 12.5. The van der Waals surface area contributed by atoms with Gasteiger partial charge < -0.3 is 4.42 Å². The summed E-state index contributed by atoms with van der Waals surface area (Å²) in [6.45, 7) is 2.07. The Balaban J connectivity index is 1.88. The van der Waals surface area contributed by atoms with Gasteiger partial charge in [0.05, 0.1) is 16.4 Å². The van der Waals surface area contributed by atoms with E-state index in [1.54, 1.807) is 18.2 Å². The van der Waals surface area contributed by atoms with Gasteiger partial charge in [0.25, 0.3) is 0 Å². The maximum Gasteiger partial charge on any atom is 0.307 e. The molecule has 0 unspecified atom stereocenters. The summed E-state index contributed by atoms with van der Waals surface area (Å²) in [6.07, 6.45) is 0. The molecule has 0 fully saturated rings. The Morgan fingerprint density at radius 2 is 1.36 bits per heavy atom. The van der Waals surface area contributed by atoms with Crippen LogP contribution in [-0.2, 0) is 0 Å². The third-order valence-corrected chi connectivity index (χ3v) is 5.86. The molecule has 0 bridgehead atoms. The highest BCUT2D eigenvalue weighted by molar-refractivity contribution is 6.36. The van der Waals surface area contributed by atoms with E-state index in [0.29, 0.717) is 21.4 Å². The van der Waals surface area contributed by atoms with Crippen LogP contribution < -0.4 is 5.68 Å². The number of nitrogens with zero attached hydrogens (tertiary/aromatic N) is 2. The van der Waals surface area contributed by atoms with Crippen molar-refractivity contribution in [1.82, 2.24) is 4.57 Å². The van der Waals surface area contributed by atoms with Crippen LogP contribution in [0.4, 0.5) is 5.69 Å². The van der Waals surface area contributed by atoms with Gasteiger partial charge in [0.2, 0.25) is 0 Å². The van der Waals surface area contributed by atoms with Crippen LogP contribution in [0.5, 0.6) is 0 Å². The highest BCUT2D eigenvalue weighted by Gasteiger charge is 2.20. The van der Waals surface area contributed by atoms with Crippen LogP contribution in [0, 0.1) is 6.92 Å². The highest BCUT2D eigenvalue weighted by atomic mass is 35.5. The fraction of sp³-hybridized carbons (Fsp3) is 0.0357. The average Bonchev–Trinajstić information content (AvgIpc) is 3.22. The molecular weight excluding hydrogens is 451 g/mol. The van der Waals surface area contributed by atoms with Crippen LogP contribution >= 0.6 is 23.2 Å². The Labute approximate surface area is 202 Å². The van der Waals surface area contributed by atoms with Crippen molar-refractivity contribution < 1.29 is 4.42 Å². The molecule has 0 saturated heterocycles. The second kappa shape index (κ2) is 9.14. The minimum atomic E-state index is 0.417. The lowest BCUT2D eigenvalue weighted by atomic mass is 10.1. The first-order chi connectivity index (χ1) is 16.1. The number of hydrogen-bond donors (Lipinski definition) is 0. The third kappa shape index (κ3) is 4.38. The Morgan fingerprint density at radius 1 is 0.727 bits per heavy atom. The van der Waals surface area contributed by atoms with E-state index in [1.165, 1.54) is 5.56 Å². The molecule has 0 aliphatic rings. The minimum absolute atomic E-state index is 0.417. The molecule has 5 rings (SSSR count). The fourth-order valence-electron chi connectivity index (χ4n) is 3.71. The lowest BCUT2D eigenvalue weighted by Gasteiger charge is -2.10. The molecular formula is C28H20Cl2N2O. The molecule has 0 aliphatic heterocycles. The van der Waals surface area contributed by atoms with Crippen molar-refractivity contribution in [2.45, 2.75) is 6.92 Å². The summed E-state index contributed by atoms with van der Waals surface area (Å²) in [6, 6.07) is 33.7. The van der Waals surface area contributed by atoms with Gasteiger partial charge in [-0.1, -0.05) is 102 Å². The van der Waals surface area contributed by atoms with Crippen molar-refractivity contribution in [2.75, 3.05) is 0 Å². The monoisotopic (exact) mass is 470 g/mol. The van der Waals surface area contributed by atoms with E-state index < -0.39 is 0 Å². The zero-order valence-electron chi connectivity index (χ0n) is 17.9. The topological polar surface area (TPSA) is 30.4 Å². The number of hydrogen-bond acceptors (Lipinski definition) is 2. The Morgan fingerprint density at radius 3 is 2.00 bits per heavy atom. The summed E-state index contributed by atoms with van der Waals surface area (Å²) < 4.78 is 8.49. The standard InChI is InChI=1S/C28H20Cl2N2O/c1-19-12-15-23(16-13-19)32-26(20-8-4-2-5-9-20)27(21-10-6-3-7-11-21)33-28(32)31-25-17-14-22(29)18-24(25)30/h2-18H,1H3. The van der Waals surface area contributed by atoms with Gasteiger partial charge in [-0.2, -0.15) is 4.99 Å². The van der Waals surface area contributed by atoms with Crippen molar-refractivity contribution >= 4 is 28.9 Å². The first-order valence-corrected chi connectivity index (χ1v) is 11.3. The van der Waals surface area contributed by atoms with Crippen LogP contribution in [0.2, 0.25) is 10.0 Å². The summed E-state index contributed by atoms with van der Waals surface area (Å²) in [5, 5.41) is 1.01. The van der Waals surface area contributed by atoms with E-state index in [0.717, 1.165) is 28.3 Å². The van der Waals surface area contributed by atoms with Gasteiger partial charge in [-0.3, -0.25) is 4.57 Å². The van der Waals surface area contributed by atoms with Crippen LogP contribution in [-0.4, -0.2) is 4.57 Å². The number of benzene rings is 4. The van der Waals surface area contributed by atoms with Crippen molar-refractivity contribution in [1.29, 1.82) is 0 Å². The van der Waals surface area contributed by atoms with Crippen LogP contribution in [0.25, 0.3) is 28.3 Å². The second-order valence-electron chi connectivity index (χ2n) is 7.67. The van der Waals surface area contributed by atoms with Gasteiger partial charge in [0.15, 0.2) is 5.76 Å². The number of oxazole rings is 1. The van der Waals surface area contributed by atoms with Gasteiger partial charge in [-0.15, -0.1) is 0 Å². The number of aromatic nitrogens is 1. The summed E-state index contributed by atoms with van der Waals surface area (Å²) in [4.78, 5) is 4.82. The summed E-state index contributed by atoms with van der Waals surface area (Å²) in [5.74, 6) is 0.728. The normalized spacial score (nSPS) is 11.7. The summed E-state index contributed by atoms with van der Waals surface area (Å²) in [7, 11) is 0. The lowest BCUT2D eigenvalue weighted by molar-refractivity contribution is 0.499. The predicted molar refractivity (Wildman–Crippen MR) is 135 cm³/mol. The van der Waals surface area contributed by atoms with Gasteiger partial charge in [0, 0.05) is 16.1 Å². The fourth-order valence-corrected chi connectivity index (χ4v) is 4.16. The third-order valence-electron chi connectivity index (χ3n) is 5.32. The van der Waals surface area contributed by atoms with E-state index in [4.69, 9.17) is 32.6 Å². The smallest absolute Gasteiger partial charge is 0.307 e. The summed E-state index contributed by atoms with van der Waals surface area (Å²) in [5.41, 5.74) is 6.00. The van der Waals surface area contributed by atoms with Crippen molar-refractivity contribution in [3.05, 3.63) is 124 Å². The van der Waals surface area contributed by atoms with Crippen LogP contribution in [0.15, 0.2) is 113 Å². The SMILES string of the molecule is Cc1ccc(-n2c(-c3ccccc3)c(-c3ccccc3)oc2=Nc2ccc(Cl)cc2Cl)cc1. The first-order valence-electron chi connectivity index (χ1n) is 10.5. The predicted octanol–water partition coefficient (Wildman–Crippen LogP) is 8.25. The molecule has 3 nitrogen and oxygen atoms in total. The lowest BCUT2D eigenvalue weighted by Crippen LogP contribution is -2.15. The largest absolute Gasteiger partial charge is 0.422 e. The van der Waals surface area contributed by atoms with Gasteiger partial charge in [-0.25, -0.2) is 0 Å². The number of rotatable bonds is 4. The van der Waals surface area contributed by atoms with Crippen molar-refractivity contribution in [2.24, 2.45) is 4.99 Å². The molecule has 0 amide bonds. The Hall–Kier alpha value is -3.53. The Bertz CT molecular complexity index is 1470. The molecule has 0 N–H and O–H groups in total. The molecule has 1 heterocycles. The molecule has 0 radical (unpaired) electrons. The molecule has 0 atom stereocenters. The second-order valence-corrected chi connectivity index (χ2v) is 8.52. The van der Waals surface area contributed by atoms with Crippen LogP contribution in [0.3, 0.4) is 0 Å². The molecule has 5 aromatic rings. The van der Waals surface area contributed by atoms with E-state index in [9.17, 15) is 0 Å². The first kappa shape index (κ1) is 21.3. The molecule has 33 heavy (non-hydrogen) atoms. The number of aryl methyl sites for hydroxylation is 1. The van der Waals surface area contributed by atoms with E-state index in [1.807, 2.05) is 53.1 Å². The zero-order valence-corrected chi connectivity index (χ0v) is 19.4. The van der Waals surface area contributed by atoms with Gasteiger partial charge in [-0.05, 0) is 37.3 Å². The molecule has 0 saturated carbocycles. The van der Waals surface area contributed by atoms with E-state index in [-0.39, 0.29) is 0 Å². The van der Waals surface area contributed by atoms with Crippen molar-refractivity contribution in [3.63, 3.8) is 0 Å². The molecule has 162 valence electrons. The van der Waals surface area contributed by atoms with Gasteiger partial charge in [0.1, 0.15) is 5.69 Å². The quantitative estimate of drug-likeness (QED) is 0.260. The molecule has 0 spiro atoms. The van der Waals surface area contributed by atoms with E-state index >= 15 is 0 Å². The average molecular weight is 471 g/mol. The highest BCUT2D eigenvalue weighted by Crippen LogP contribution is 2.34.